The van der Waals surface area contributed by atoms with Crippen molar-refractivity contribution in [2.75, 3.05) is 53.6 Å². The molecule has 6 nitrogen and oxygen atoms in total. The molecule has 1 aliphatic heterocycles. The number of hydrogen-bond acceptors (Lipinski definition) is 4. The van der Waals surface area contributed by atoms with E-state index in [1.54, 1.807) is 14.2 Å². The predicted molar refractivity (Wildman–Crippen MR) is 109 cm³/mol. The SMILES string of the molecule is CN=C(NCCN1CCOCC1)NCc1ccc(C)cc1OC.I. The van der Waals surface area contributed by atoms with Crippen LogP contribution in [0.1, 0.15) is 11.1 Å². The van der Waals surface area contributed by atoms with Gasteiger partial charge in [0.1, 0.15) is 5.75 Å². The molecule has 1 heterocycles. The molecule has 136 valence electrons. The van der Waals surface area contributed by atoms with Gasteiger partial charge in [-0.3, -0.25) is 9.89 Å². The molecule has 0 saturated carbocycles. The highest BCUT2D eigenvalue weighted by Gasteiger charge is 2.10. The quantitative estimate of drug-likeness (QED) is 0.394. The number of nitrogens with zero attached hydrogens (tertiary/aromatic N) is 2. The van der Waals surface area contributed by atoms with Crippen LogP contribution in [0.3, 0.4) is 0 Å². The second kappa shape index (κ2) is 11.5. The van der Waals surface area contributed by atoms with Crippen LogP contribution < -0.4 is 15.4 Å². The van der Waals surface area contributed by atoms with E-state index in [9.17, 15) is 0 Å². The summed E-state index contributed by atoms with van der Waals surface area (Å²) in [5.41, 5.74) is 2.31. The molecule has 1 aromatic carbocycles. The number of rotatable bonds is 6. The molecule has 1 fully saturated rings. The molecular weight excluding hydrogens is 419 g/mol. The van der Waals surface area contributed by atoms with Crippen LogP contribution in [0.2, 0.25) is 0 Å². The highest BCUT2D eigenvalue weighted by atomic mass is 127. The number of morpholine rings is 1. The van der Waals surface area contributed by atoms with E-state index in [1.165, 1.54) is 5.56 Å². The Balaban J connectivity index is 0.00000288. The van der Waals surface area contributed by atoms with Crippen molar-refractivity contribution in [1.82, 2.24) is 15.5 Å². The van der Waals surface area contributed by atoms with Crippen LogP contribution in [0, 0.1) is 6.92 Å². The van der Waals surface area contributed by atoms with Crippen molar-refractivity contribution in [3.63, 3.8) is 0 Å². The fraction of sp³-hybridized carbons (Fsp3) is 0.588. The molecule has 0 spiro atoms. The zero-order valence-electron chi connectivity index (χ0n) is 14.8. The summed E-state index contributed by atoms with van der Waals surface area (Å²) in [4.78, 5) is 6.66. The van der Waals surface area contributed by atoms with Gasteiger partial charge in [-0.25, -0.2) is 0 Å². The minimum Gasteiger partial charge on any atom is -0.496 e. The number of methoxy groups -OCH3 is 1. The first-order chi connectivity index (χ1) is 11.2. The Hall–Kier alpha value is -1.06. The summed E-state index contributed by atoms with van der Waals surface area (Å²) in [6.07, 6.45) is 0. The standard InChI is InChI=1S/C17H28N4O2.HI/c1-14-4-5-15(16(12-14)22-3)13-20-17(18-2)19-6-7-21-8-10-23-11-9-21;/h4-5,12H,6-11,13H2,1-3H3,(H2,18,19,20);1H. The molecule has 0 bridgehead atoms. The third-order valence-electron chi connectivity index (χ3n) is 3.94. The normalized spacial score (nSPS) is 15.5. The van der Waals surface area contributed by atoms with Crippen LogP contribution in [0.25, 0.3) is 0 Å². The first kappa shape index (κ1) is 21.0. The van der Waals surface area contributed by atoms with E-state index >= 15 is 0 Å². The number of hydrogen-bond donors (Lipinski definition) is 2. The second-order valence-electron chi connectivity index (χ2n) is 5.62. The first-order valence-electron chi connectivity index (χ1n) is 8.11. The van der Waals surface area contributed by atoms with Gasteiger partial charge in [0.2, 0.25) is 0 Å². The third-order valence-corrected chi connectivity index (χ3v) is 3.94. The van der Waals surface area contributed by atoms with E-state index in [-0.39, 0.29) is 24.0 Å². The van der Waals surface area contributed by atoms with E-state index < -0.39 is 0 Å². The number of benzene rings is 1. The Morgan fingerprint density at radius 1 is 1.29 bits per heavy atom. The lowest BCUT2D eigenvalue weighted by atomic mass is 10.1. The summed E-state index contributed by atoms with van der Waals surface area (Å²) >= 11 is 0. The predicted octanol–water partition coefficient (Wildman–Crippen LogP) is 1.62. The molecule has 24 heavy (non-hydrogen) atoms. The van der Waals surface area contributed by atoms with Crippen LogP contribution in [0.5, 0.6) is 5.75 Å². The minimum atomic E-state index is 0. The van der Waals surface area contributed by atoms with Gasteiger partial charge in [0, 0.05) is 45.3 Å². The fourth-order valence-electron chi connectivity index (χ4n) is 2.55. The van der Waals surface area contributed by atoms with Crippen molar-refractivity contribution in [3.8, 4) is 5.75 Å². The summed E-state index contributed by atoms with van der Waals surface area (Å²) in [5.74, 6) is 1.71. The first-order valence-corrected chi connectivity index (χ1v) is 8.11. The molecule has 1 aromatic rings. The van der Waals surface area contributed by atoms with Gasteiger partial charge in [0.05, 0.1) is 20.3 Å². The highest BCUT2D eigenvalue weighted by Crippen LogP contribution is 2.19. The molecule has 0 unspecified atom stereocenters. The lowest BCUT2D eigenvalue weighted by Gasteiger charge is -2.26. The van der Waals surface area contributed by atoms with E-state index in [0.717, 1.165) is 56.7 Å². The van der Waals surface area contributed by atoms with Gasteiger partial charge in [-0.2, -0.15) is 0 Å². The molecule has 2 N–H and O–H groups in total. The van der Waals surface area contributed by atoms with Crippen LogP contribution in [0.4, 0.5) is 0 Å². The van der Waals surface area contributed by atoms with Gasteiger partial charge in [0.25, 0.3) is 0 Å². The van der Waals surface area contributed by atoms with Crippen molar-refractivity contribution < 1.29 is 9.47 Å². The summed E-state index contributed by atoms with van der Waals surface area (Å²) in [6.45, 7) is 8.29. The summed E-state index contributed by atoms with van der Waals surface area (Å²) < 4.78 is 10.8. The summed E-state index contributed by atoms with van der Waals surface area (Å²) in [6, 6.07) is 6.22. The molecule has 1 aliphatic rings. The topological polar surface area (TPSA) is 58.1 Å². The van der Waals surface area contributed by atoms with Crippen LogP contribution in [0.15, 0.2) is 23.2 Å². The summed E-state index contributed by atoms with van der Waals surface area (Å²) in [5, 5.41) is 6.68. The van der Waals surface area contributed by atoms with Crippen molar-refractivity contribution in [2.24, 2.45) is 4.99 Å². The highest BCUT2D eigenvalue weighted by molar-refractivity contribution is 14.0. The number of nitrogens with one attached hydrogen (secondary N) is 2. The van der Waals surface area contributed by atoms with Gasteiger partial charge in [-0.05, 0) is 18.6 Å². The van der Waals surface area contributed by atoms with Gasteiger partial charge in [0.15, 0.2) is 5.96 Å². The number of ether oxygens (including phenoxy) is 2. The van der Waals surface area contributed by atoms with E-state index in [1.807, 2.05) is 6.07 Å². The maximum atomic E-state index is 5.43. The number of aryl methyl sites for hydroxylation is 1. The molecular formula is C17H29IN4O2. The Bertz CT molecular complexity index is 519. The molecule has 7 heteroatoms. The Morgan fingerprint density at radius 2 is 2.04 bits per heavy atom. The zero-order chi connectivity index (χ0) is 16.5. The Morgan fingerprint density at radius 3 is 2.71 bits per heavy atom. The van der Waals surface area contributed by atoms with Crippen molar-refractivity contribution >= 4 is 29.9 Å². The maximum Gasteiger partial charge on any atom is 0.191 e. The van der Waals surface area contributed by atoms with E-state index in [2.05, 4.69) is 39.6 Å². The van der Waals surface area contributed by atoms with E-state index in [4.69, 9.17) is 9.47 Å². The molecule has 0 atom stereocenters. The second-order valence-corrected chi connectivity index (χ2v) is 5.62. The monoisotopic (exact) mass is 448 g/mol. The lowest BCUT2D eigenvalue weighted by Crippen LogP contribution is -2.44. The zero-order valence-corrected chi connectivity index (χ0v) is 17.1. The molecule has 2 rings (SSSR count). The number of halogens is 1. The van der Waals surface area contributed by atoms with E-state index in [0.29, 0.717) is 6.54 Å². The average Bonchev–Trinajstić information content (AvgIpc) is 2.59. The van der Waals surface area contributed by atoms with Crippen molar-refractivity contribution in [2.45, 2.75) is 13.5 Å². The smallest absolute Gasteiger partial charge is 0.191 e. The molecule has 0 aliphatic carbocycles. The molecule has 0 aromatic heterocycles. The van der Waals surface area contributed by atoms with Crippen LogP contribution in [-0.4, -0.2) is 64.4 Å². The van der Waals surface area contributed by atoms with Crippen LogP contribution in [-0.2, 0) is 11.3 Å². The molecule has 0 radical (unpaired) electrons. The minimum absolute atomic E-state index is 0. The number of aliphatic imine (C=N–C) groups is 1. The van der Waals surface area contributed by atoms with Crippen molar-refractivity contribution in [3.05, 3.63) is 29.3 Å². The van der Waals surface area contributed by atoms with Gasteiger partial charge < -0.3 is 20.1 Å². The Kier molecular flexibility index (Phi) is 10.0. The van der Waals surface area contributed by atoms with Crippen LogP contribution >= 0.6 is 24.0 Å². The molecule has 0 amide bonds. The number of guanidine groups is 1. The largest absolute Gasteiger partial charge is 0.496 e. The average molecular weight is 448 g/mol. The Labute approximate surface area is 162 Å². The van der Waals surface area contributed by atoms with Crippen molar-refractivity contribution in [1.29, 1.82) is 0 Å². The van der Waals surface area contributed by atoms with Gasteiger partial charge in [-0.1, -0.05) is 12.1 Å². The van der Waals surface area contributed by atoms with Gasteiger partial charge in [-0.15, -0.1) is 24.0 Å². The molecule has 1 saturated heterocycles. The lowest BCUT2D eigenvalue weighted by molar-refractivity contribution is 0.0389. The fourth-order valence-corrected chi connectivity index (χ4v) is 2.55. The summed E-state index contributed by atoms with van der Waals surface area (Å²) in [7, 11) is 3.49. The van der Waals surface area contributed by atoms with Gasteiger partial charge >= 0.3 is 0 Å². The maximum absolute atomic E-state index is 5.43. The third kappa shape index (κ3) is 6.82.